The van der Waals surface area contributed by atoms with Crippen LogP contribution in [-0.4, -0.2) is 66.8 Å². The van der Waals surface area contributed by atoms with E-state index in [1.807, 2.05) is 42.5 Å². The van der Waals surface area contributed by atoms with Crippen LogP contribution in [0.2, 0.25) is 0 Å². The summed E-state index contributed by atoms with van der Waals surface area (Å²) in [5.41, 5.74) is 1.26. The number of carbonyl (C=O) groups is 2. The molecule has 1 fully saturated rings. The quantitative estimate of drug-likeness (QED) is 0.345. The maximum absolute atomic E-state index is 14.2. The fourth-order valence-corrected chi connectivity index (χ4v) is 10.2. The van der Waals surface area contributed by atoms with E-state index in [-0.39, 0.29) is 26.3 Å². The molecule has 36 heavy (non-hydrogen) atoms. The Bertz CT molecular complexity index is 1400. The van der Waals surface area contributed by atoms with Gasteiger partial charge in [0.05, 0.1) is 0 Å². The molecule has 5 rings (SSSR count). The molecule has 0 spiro atoms. The van der Waals surface area contributed by atoms with Crippen molar-refractivity contribution < 1.29 is 27.5 Å². The molecule has 2 aliphatic heterocycles. The molecule has 1 amide bonds. The van der Waals surface area contributed by atoms with Gasteiger partial charge in [0.2, 0.25) is 0 Å². The molecule has 3 atom stereocenters. The van der Waals surface area contributed by atoms with Crippen molar-refractivity contribution in [2.24, 2.45) is 0 Å². The zero-order valence-corrected chi connectivity index (χ0v) is 22.1. The van der Waals surface area contributed by atoms with Gasteiger partial charge in [-0.2, -0.15) is 0 Å². The Morgan fingerprint density at radius 2 is 1.50 bits per heavy atom. The summed E-state index contributed by atoms with van der Waals surface area (Å²) in [4.78, 5) is 27.5. The molecule has 8 nitrogen and oxygen atoms in total. The third-order valence-corrected chi connectivity index (χ3v) is 11.4. The summed E-state index contributed by atoms with van der Waals surface area (Å²) in [6, 6.07) is 24.1. The van der Waals surface area contributed by atoms with E-state index in [9.17, 15) is 18.0 Å². The Kier molecular flexibility index (Phi) is 6.28. The van der Waals surface area contributed by atoms with Gasteiger partial charge in [-0.25, -0.2) is 0 Å². The Morgan fingerprint density at radius 1 is 0.889 bits per heavy atom. The van der Waals surface area contributed by atoms with E-state index < -0.39 is 38.6 Å². The fraction of sp³-hybridized carbons (Fsp3) is 0.231. The molecule has 0 aromatic heterocycles. The Hall–Kier alpha value is -3.33. The fourth-order valence-electron chi connectivity index (χ4n) is 5.07. The molecule has 0 aliphatic carbocycles. The number of para-hydroxylation sites is 1. The third kappa shape index (κ3) is 3.68. The first-order chi connectivity index (χ1) is 17.3. The number of rotatable bonds is 5. The molecule has 0 saturated carbocycles. The van der Waals surface area contributed by atoms with Crippen molar-refractivity contribution in [2.75, 3.05) is 18.5 Å². The van der Waals surface area contributed by atoms with Gasteiger partial charge < -0.3 is 0 Å². The molecule has 0 unspecified atom stereocenters. The number of ether oxygens (including phenoxy) is 2. The van der Waals surface area contributed by atoms with Gasteiger partial charge in [-0.1, -0.05) is 0 Å². The first kappa shape index (κ1) is 24.4. The van der Waals surface area contributed by atoms with Crippen molar-refractivity contribution in [1.82, 2.24) is 4.90 Å². The number of hydrogen-bond acceptors (Lipinski definition) is 6. The zero-order chi connectivity index (χ0) is 25.5. The molecule has 2 heterocycles. The van der Waals surface area contributed by atoms with Crippen LogP contribution in [0.1, 0.15) is 12.0 Å². The molecule has 10 heteroatoms. The van der Waals surface area contributed by atoms with Crippen molar-refractivity contribution in [3.63, 3.8) is 0 Å². The first-order valence-electron chi connectivity index (χ1n) is 11.2. The van der Waals surface area contributed by atoms with E-state index in [4.69, 9.17) is 9.47 Å². The monoisotopic (exact) mass is 572 g/mol. The zero-order valence-electron chi connectivity index (χ0n) is 19.6. The van der Waals surface area contributed by atoms with E-state index in [1.54, 1.807) is 30.3 Å². The summed E-state index contributed by atoms with van der Waals surface area (Å²) in [6.45, 7) is 0. The second-order valence-electron chi connectivity index (χ2n) is 8.43. The second-order valence-corrected chi connectivity index (χ2v) is 13.2. The Morgan fingerprint density at radius 3 is 2.14 bits per heavy atom. The van der Waals surface area contributed by atoms with Crippen LogP contribution in [0.15, 0.2) is 89.8 Å². The minimum atomic E-state index is -4.13. The number of amides is 1. The summed E-state index contributed by atoms with van der Waals surface area (Å²) in [5, 5.41) is 0. The summed E-state index contributed by atoms with van der Waals surface area (Å²) in [6.07, 6.45) is -1.61. The number of esters is 1. The maximum atomic E-state index is 14.2. The van der Waals surface area contributed by atoms with Gasteiger partial charge in [0, 0.05) is 0 Å². The second kappa shape index (κ2) is 9.28. The first-order valence-corrected chi connectivity index (χ1v) is 14.4. The average Bonchev–Trinajstić information content (AvgIpc) is 3.38. The summed E-state index contributed by atoms with van der Waals surface area (Å²) < 4.78 is 40.0. The molecule has 0 bridgehead atoms. The van der Waals surface area contributed by atoms with Crippen LogP contribution in [0.25, 0.3) is 0 Å². The minimum absolute atomic E-state index is 0.0918. The van der Waals surface area contributed by atoms with Gasteiger partial charge in [-0.15, -0.1) is 0 Å². The topological polar surface area (TPSA) is 93.2 Å². The van der Waals surface area contributed by atoms with Crippen LogP contribution in [0, 0.1) is 0 Å². The molecule has 1 saturated heterocycles. The molecule has 3 aromatic carbocycles. The van der Waals surface area contributed by atoms with Crippen molar-refractivity contribution >= 4 is 47.2 Å². The number of benzene rings is 3. The van der Waals surface area contributed by atoms with Gasteiger partial charge in [-0.3, -0.25) is 0 Å². The van der Waals surface area contributed by atoms with Crippen LogP contribution in [-0.2, 0) is 28.6 Å². The van der Waals surface area contributed by atoms with E-state index >= 15 is 0 Å². The standard InChI is InChI=1S/C26H24N2O6SSe/c1-33-23(29)22-17-26(36-19-13-7-4-8-14-19)20-15-9-10-16-21(20)28(24(26)27(22)25(30)34-2)35(31,32)18-11-5-3-6-12-18/h3-16,22,24H,17H2,1-2H3/t22-,24+,26+/m0/s1. The number of anilines is 1. The van der Waals surface area contributed by atoms with E-state index in [1.165, 1.54) is 35.6 Å². The predicted octanol–water partition coefficient (Wildman–Crippen LogP) is 2.46. The molecular formula is C26H24N2O6SSe. The Labute approximate surface area is 216 Å². The van der Waals surface area contributed by atoms with Crippen molar-refractivity contribution in [1.29, 1.82) is 0 Å². The molecule has 186 valence electrons. The summed E-state index contributed by atoms with van der Waals surface area (Å²) in [5.74, 6) is -0.618. The molecule has 0 N–H and O–H groups in total. The number of methoxy groups -OCH3 is 2. The van der Waals surface area contributed by atoms with Crippen molar-refractivity contribution in [2.45, 2.75) is 27.8 Å². The van der Waals surface area contributed by atoms with Gasteiger partial charge in [0.25, 0.3) is 0 Å². The molecule has 3 aromatic rings. The predicted molar refractivity (Wildman–Crippen MR) is 135 cm³/mol. The molecule has 0 radical (unpaired) electrons. The number of fused-ring (bicyclic) bond motifs is 3. The number of likely N-dealkylation sites (tertiary alicyclic amines) is 1. The number of hydrogen-bond donors (Lipinski definition) is 0. The van der Waals surface area contributed by atoms with E-state index in [2.05, 4.69) is 0 Å². The van der Waals surface area contributed by atoms with E-state index in [0.29, 0.717) is 5.69 Å². The van der Waals surface area contributed by atoms with Gasteiger partial charge in [0.15, 0.2) is 0 Å². The number of nitrogens with zero attached hydrogens (tertiary/aromatic N) is 2. The van der Waals surface area contributed by atoms with Gasteiger partial charge in [-0.05, 0) is 0 Å². The summed E-state index contributed by atoms with van der Waals surface area (Å²) >= 11 is -0.370. The van der Waals surface area contributed by atoms with Crippen LogP contribution < -0.4 is 8.77 Å². The number of sulfonamides is 1. The van der Waals surface area contributed by atoms with Gasteiger partial charge >= 0.3 is 216 Å². The molecular weight excluding hydrogens is 547 g/mol. The summed E-state index contributed by atoms with van der Waals surface area (Å²) in [7, 11) is -1.65. The average molecular weight is 572 g/mol. The van der Waals surface area contributed by atoms with Crippen LogP contribution in [0.4, 0.5) is 10.5 Å². The van der Waals surface area contributed by atoms with Gasteiger partial charge in [0.1, 0.15) is 0 Å². The SMILES string of the molecule is COC(=O)[C@@H]1C[C@@]2([Se]c3ccccc3)c3ccccc3N(S(=O)(=O)c3ccccc3)[C@H]2N1C(=O)OC. The van der Waals surface area contributed by atoms with Crippen LogP contribution >= 0.6 is 0 Å². The third-order valence-electron chi connectivity index (χ3n) is 6.53. The Balaban J connectivity index is 1.79. The van der Waals surface area contributed by atoms with E-state index in [0.717, 1.165) is 10.0 Å². The van der Waals surface area contributed by atoms with Crippen LogP contribution in [0.5, 0.6) is 0 Å². The van der Waals surface area contributed by atoms with Crippen molar-refractivity contribution in [3.05, 3.63) is 90.5 Å². The normalized spacial score (nSPS) is 22.6. The molecule has 2 aliphatic rings. The number of carbonyl (C=O) groups excluding carboxylic acids is 2. The van der Waals surface area contributed by atoms with Crippen molar-refractivity contribution in [3.8, 4) is 0 Å². The van der Waals surface area contributed by atoms with Crippen LogP contribution in [0.3, 0.4) is 0 Å².